The maximum Gasteiger partial charge on any atom is 0.175 e. The number of fused-ring (bicyclic) bond motifs is 4. The molecule has 0 bridgehead atoms. The van der Waals surface area contributed by atoms with Crippen LogP contribution in [0.15, 0.2) is 109 Å². The summed E-state index contributed by atoms with van der Waals surface area (Å²) >= 11 is 0. The molecule has 198 valence electrons. The topological polar surface area (TPSA) is 37.4 Å². The average molecular weight is 560 g/mol. The predicted octanol–water partition coefficient (Wildman–Crippen LogP) is 6.80. The highest BCUT2D eigenvalue weighted by molar-refractivity contribution is 7.88. The first-order chi connectivity index (χ1) is 19.2. The smallest absolute Gasteiger partial charge is 0.175 e. The van der Waals surface area contributed by atoms with E-state index in [0.29, 0.717) is 0 Å². The van der Waals surface area contributed by atoms with Crippen LogP contribution >= 0.6 is 14.3 Å². The molecule has 2 unspecified atom stereocenters. The molecule has 0 radical (unpaired) electrons. The third-order valence-corrected chi connectivity index (χ3v) is 14.5. The number of hydrogen-bond acceptors (Lipinski definition) is 3. The third-order valence-electron chi connectivity index (χ3n) is 8.32. The van der Waals surface area contributed by atoms with E-state index < -0.39 is 14.3 Å². The van der Waals surface area contributed by atoms with E-state index >= 15 is 9.13 Å². The fraction of sp³-hybridized carbons (Fsp3) is 0.143. The van der Waals surface area contributed by atoms with Crippen molar-refractivity contribution < 1.29 is 9.13 Å². The summed E-state index contributed by atoms with van der Waals surface area (Å²) in [7, 11) is -6.63. The number of rotatable bonds is 3. The monoisotopic (exact) mass is 559 g/mol. The Balaban J connectivity index is 1.71. The summed E-state index contributed by atoms with van der Waals surface area (Å²) in [6.45, 7) is 8.40. The lowest BCUT2D eigenvalue weighted by Gasteiger charge is -2.45. The molecule has 2 heterocycles. The number of nitrogens with zero attached hydrogens (tertiary/aromatic N) is 1. The normalized spacial score (nSPS) is 20.6. The molecule has 0 spiro atoms. The standard InChI is InChI=1S/C35H31NO2P2/c1-23(2)26-21-33-35-34(22-26)40(38,28-13-9-6-10-14-28)32-20-25(4)16-18-30(32)36(35)29-17-15-24(3)19-31(29)39(33,37)27-11-7-5-8-12-27/h5-23H,1-4H3. The van der Waals surface area contributed by atoms with Gasteiger partial charge in [0.25, 0.3) is 0 Å². The van der Waals surface area contributed by atoms with E-state index in [1.165, 1.54) is 0 Å². The van der Waals surface area contributed by atoms with Crippen LogP contribution in [0.3, 0.4) is 0 Å². The van der Waals surface area contributed by atoms with Gasteiger partial charge in [0.2, 0.25) is 0 Å². The van der Waals surface area contributed by atoms with Crippen molar-refractivity contribution in [3.05, 3.63) is 126 Å². The Morgan fingerprint density at radius 2 is 0.975 bits per heavy atom. The second-order valence-corrected chi connectivity index (χ2v) is 16.7. The van der Waals surface area contributed by atoms with Crippen LogP contribution in [0.2, 0.25) is 0 Å². The van der Waals surface area contributed by atoms with E-state index in [0.717, 1.165) is 65.6 Å². The van der Waals surface area contributed by atoms with Gasteiger partial charge < -0.3 is 14.0 Å². The highest BCUT2D eigenvalue weighted by Gasteiger charge is 2.50. The Morgan fingerprint density at radius 3 is 1.38 bits per heavy atom. The summed E-state index contributed by atoms with van der Waals surface area (Å²) in [5.41, 5.74) is 5.79. The molecule has 5 aromatic carbocycles. The molecule has 0 amide bonds. The maximum absolute atomic E-state index is 15.8. The average Bonchev–Trinajstić information content (AvgIpc) is 2.97. The van der Waals surface area contributed by atoms with Crippen LogP contribution in [0.25, 0.3) is 0 Å². The minimum atomic E-state index is -3.32. The third kappa shape index (κ3) is 3.38. The maximum atomic E-state index is 15.8. The molecule has 2 atom stereocenters. The minimum Gasteiger partial charge on any atom is -0.308 e. The van der Waals surface area contributed by atoms with Gasteiger partial charge in [-0.1, -0.05) is 97.8 Å². The van der Waals surface area contributed by atoms with Gasteiger partial charge in [0.05, 0.1) is 17.1 Å². The van der Waals surface area contributed by atoms with Gasteiger partial charge >= 0.3 is 0 Å². The van der Waals surface area contributed by atoms with Crippen LogP contribution in [0.1, 0.15) is 36.5 Å². The van der Waals surface area contributed by atoms with Gasteiger partial charge in [-0.25, -0.2) is 0 Å². The number of anilines is 3. The predicted molar refractivity (Wildman–Crippen MR) is 171 cm³/mol. The molecule has 5 heteroatoms. The Labute approximate surface area is 236 Å². The van der Waals surface area contributed by atoms with Gasteiger partial charge in [-0.2, -0.15) is 0 Å². The molecule has 0 aliphatic carbocycles. The molecule has 0 saturated carbocycles. The highest BCUT2D eigenvalue weighted by Crippen LogP contribution is 2.60. The molecule has 0 fully saturated rings. The van der Waals surface area contributed by atoms with E-state index in [9.17, 15) is 0 Å². The molecular weight excluding hydrogens is 528 g/mol. The molecule has 7 rings (SSSR count). The van der Waals surface area contributed by atoms with Crippen molar-refractivity contribution in [3.8, 4) is 0 Å². The van der Waals surface area contributed by atoms with Gasteiger partial charge in [-0.15, -0.1) is 0 Å². The van der Waals surface area contributed by atoms with Gasteiger partial charge in [0.15, 0.2) is 14.3 Å². The van der Waals surface area contributed by atoms with Crippen molar-refractivity contribution in [1.29, 1.82) is 0 Å². The van der Waals surface area contributed by atoms with E-state index in [-0.39, 0.29) is 5.92 Å². The van der Waals surface area contributed by atoms with Gasteiger partial charge in [0.1, 0.15) is 0 Å². The zero-order valence-electron chi connectivity index (χ0n) is 23.1. The molecule has 2 aliphatic rings. The second-order valence-electron chi connectivity index (χ2n) is 11.3. The lowest BCUT2D eigenvalue weighted by molar-refractivity contribution is 0.592. The second kappa shape index (κ2) is 8.93. The van der Waals surface area contributed by atoms with Gasteiger partial charge in [-0.05, 0) is 61.7 Å². The zero-order valence-corrected chi connectivity index (χ0v) is 24.9. The van der Waals surface area contributed by atoms with Crippen molar-refractivity contribution >= 4 is 63.2 Å². The van der Waals surface area contributed by atoms with E-state index in [2.05, 4.69) is 81.1 Å². The summed E-state index contributed by atoms with van der Waals surface area (Å²) in [5, 5.41) is 4.82. The molecule has 3 nitrogen and oxygen atoms in total. The molecule has 0 saturated heterocycles. The fourth-order valence-corrected chi connectivity index (χ4v) is 12.6. The van der Waals surface area contributed by atoms with Crippen molar-refractivity contribution in [2.45, 2.75) is 33.6 Å². The zero-order chi connectivity index (χ0) is 27.8. The van der Waals surface area contributed by atoms with Crippen molar-refractivity contribution in [2.24, 2.45) is 0 Å². The summed E-state index contributed by atoms with van der Waals surface area (Å²) in [6.07, 6.45) is 0. The first-order valence-corrected chi connectivity index (χ1v) is 17.2. The molecular formula is C35H31NO2P2. The Morgan fingerprint density at radius 1 is 0.550 bits per heavy atom. The van der Waals surface area contributed by atoms with Crippen LogP contribution < -0.4 is 36.7 Å². The van der Waals surface area contributed by atoms with Crippen LogP contribution in [0.5, 0.6) is 0 Å². The Bertz CT molecular complexity index is 1780. The Kier molecular flexibility index (Phi) is 5.66. The fourth-order valence-electron chi connectivity index (χ4n) is 6.28. The highest BCUT2D eigenvalue weighted by atomic mass is 31.2. The van der Waals surface area contributed by atoms with Crippen molar-refractivity contribution in [3.63, 3.8) is 0 Å². The lowest BCUT2D eigenvalue weighted by Crippen LogP contribution is -2.46. The quantitative estimate of drug-likeness (QED) is 0.224. The SMILES string of the molecule is Cc1ccc2c(c1)P(=O)(c1ccccc1)c1cc(C(C)C)cc3c1N2c1ccc(C)cc1P3(=O)c1ccccc1. The van der Waals surface area contributed by atoms with Crippen LogP contribution in [0, 0.1) is 13.8 Å². The number of benzene rings is 5. The number of hydrogen-bond donors (Lipinski definition) is 0. The van der Waals surface area contributed by atoms with E-state index in [1.807, 2.05) is 60.7 Å². The summed E-state index contributed by atoms with van der Waals surface area (Å²) in [5.74, 6) is 0.168. The van der Waals surface area contributed by atoms with Gasteiger partial charge in [0, 0.05) is 31.8 Å². The largest absolute Gasteiger partial charge is 0.308 e. The lowest BCUT2D eigenvalue weighted by atomic mass is 10.0. The van der Waals surface area contributed by atoms with Gasteiger partial charge in [-0.3, -0.25) is 0 Å². The number of aryl methyl sites for hydroxylation is 2. The molecule has 5 aromatic rings. The Hall–Kier alpha value is -3.64. The first kappa shape index (κ1) is 25.3. The summed E-state index contributed by atoms with van der Waals surface area (Å²) in [6, 6.07) is 36.5. The summed E-state index contributed by atoms with van der Waals surface area (Å²) in [4.78, 5) is 2.23. The van der Waals surface area contributed by atoms with Crippen LogP contribution in [0.4, 0.5) is 17.1 Å². The molecule has 0 aromatic heterocycles. The molecule has 2 aliphatic heterocycles. The van der Waals surface area contributed by atoms with E-state index in [1.54, 1.807) is 0 Å². The summed E-state index contributed by atoms with van der Waals surface area (Å²) < 4.78 is 31.7. The van der Waals surface area contributed by atoms with Crippen molar-refractivity contribution in [1.82, 2.24) is 0 Å². The van der Waals surface area contributed by atoms with Crippen molar-refractivity contribution in [2.75, 3.05) is 4.90 Å². The molecule has 0 N–H and O–H groups in total. The van der Waals surface area contributed by atoms with E-state index in [4.69, 9.17) is 0 Å². The van der Waals surface area contributed by atoms with Crippen LogP contribution in [-0.2, 0) is 9.13 Å². The first-order valence-electron chi connectivity index (χ1n) is 13.8. The molecule has 40 heavy (non-hydrogen) atoms. The van der Waals surface area contributed by atoms with Crippen LogP contribution in [-0.4, -0.2) is 0 Å². The minimum absolute atomic E-state index is 0.168.